The molecule has 0 bridgehead atoms. The summed E-state index contributed by atoms with van der Waals surface area (Å²) in [4.78, 5) is 4.30. The van der Waals surface area contributed by atoms with Crippen LogP contribution < -0.4 is 0 Å². The van der Waals surface area contributed by atoms with E-state index in [1.807, 2.05) is 43.5 Å². The Morgan fingerprint density at radius 3 is 2.41 bits per heavy atom. The van der Waals surface area contributed by atoms with E-state index in [1.165, 1.54) is 22.8 Å². The molecule has 1 unspecified atom stereocenters. The van der Waals surface area contributed by atoms with Crippen LogP contribution in [0.25, 0.3) is 0 Å². The maximum Gasteiger partial charge on any atom is 0.359 e. The molecule has 0 amide bonds. The van der Waals surface area contributed by atoms with Crippen LogP contribution in [0.15, 0.2) is 40.4 Å². The Labute approximate surface area is 175 Å². The highest BCUT2D eigenvalue weighted by Crippen LogP contribution is 2.62. The summed E-state index contributed by atoms with van der Waals surface area (Å²) in [7, 11) is -3.70. The van der Waals surface area contributed by atoms with Crippen LogP contribution >= 0.6 is 19.4 Å². The standard InChI is InChI=1S/C19H25N4O4PS/c1-5-25-14-21-17-16(13-20)18(29-4)22-23(17)19(15-11-9-8-10-12-15)28(24,26-6-2)27-7-3/h8-12,14,19H,5-7H2,1-4H3/b21-14+. The molecule has 1 aromatic carbocycles. The summed E-state index contributed by atoms with van der Waals surface area (Å²) in [5.74, 6) is -0.677. The lowest BCUT2D eigenvalue weighted by Gasteiger charge is -2.27. The van der Waals surface area contributed by atoms with Crippen molar-refractivity contribution < 1.29 is 18.3 Å². The van der Waals surface area contributed by atoms with Gasteiger partial charge in [0.2, 0.25) is 0 Å². The van der Waals surface area contributed by atoms with Gasteiger partial charge in [-0.25, -0.2) is 4.68 Å². The van der Waals surface area contributed by atoms with Gasteiger partial charge in [0, 0.05) is 0 Å². The first-order valence-corrected chi connectivity index (χ1v) is 12.0. The van der Waals surface area contributed by atoms with Gasteiger partial charge < -0.3 is 13.8 Å². The van der Waals surface area contributed by atoms with Gasteiger partial charge in [-0.2, -0.15) is 15.4 Å². The largest absolute Gasteiger partial charge is 0.483 e. The van der Waals surface area contributed by atoms with E-state index in [-0.39, 0.29) is 24.6 Å². The molecule has 8 nitrogen and oxygen atoms in total. The van der Waals surface area contributed by atoms with Crippen LogP contribution in [0.1, 0.15) is 37.7 Å². The Kier molecular flexibility index (Phi) is 8.93. The number of benzene rings is 1. The lowest BCUT2D eigenvalue weighted by atomic mass is 10.2. The fraction of sp³-hybridized carbons (Fsp3) is 0.421. The van der Waals surface area contributed by atoms with Crippen molar-refractivity contribution in [1.82, 2.24) is 9.78 Å². The summed E-state index contributed by atoms with van der Waals surface area (Å²) in [5, 5.41) is 14.7. The molecule has 0 aliphatic rings. The lowest BCUT2D eigenvalue weighted by molar-refractivity contribution is 0.206. The highest BCUT2D eigenvalue weighted by atomic mass is 32.2. The molecule has 10 heteroatoms. The summed E-state index contributed by atoms with van der Waals surface area (Å²) in [6.07, 6.45) is 3.07. The summed E-state index contributed by atoms with van der Waals surface area (Å²) >= 11 is 1.30. The van der Waals surface area contributed by atoms with Crippen molar-refractivity contribution in [1.29, 1.82) is 5.26 Å². The van der Waals surface area contributed by atoms with Crippen LogP contribution in [0.3, 0.4) is 0 Å². The third kappa shape index (κ3) is 5.28. The molecule has 1 aromatic heterocycles. The van der Waals surface area contributed by atoms with E-state index in [9.17, 15) is 9.83 Å². The molecule has 0 N–H and O–H groups in total. The lowest BCUT2D eigenvalue weighted by Crippen LogP contribution is -2.16. The highest BCUT2D eigenvalue weighted by Gasteiger charge is 2.41. The second-order valence-corrected chi connectivity index (χ2v) is 8.49. The molecule has 29 heavy (non-hydrogen) atoms. The molecule has 0 saturated carbocycles. The molecule has 0 saturated heterocycles. The Morgan fingerprint density at radius 1 is 1.24 bits per heavy atom. The van der Waals surface area contributed by atoms with Crippen LogP contribution in [0.4, 0.5) is 5.82 Å². The van der Waals surface area contributed by atoms with Gasteiger partial charge in [0.15, 0.2) is 18.0 Å². The number of nitrogens with zero attached hydrogens (tertiary/aromatic N) is 4. The van der Waals surface area contributed by atoms with Gasteiger partial charge in [0.1, 0.15) is 16.7 Å². The van der Waals surface area contributed by atoms with Gasteiger partial charge in [-0.15, -0.1) is 11.8 Å². The molecule has 2 rings (SSSR count). The topological polar surface area (TPSA) is 98.7 Å². The average Bonchev–Trinajstić information content (AvgIpc) is 3.06. The number of hydrogen-bond acceptors (Lipinski definition) is 8. The van der Waals surface area contributed by atoms with Crippen molar-refractivity contribution in [2.24, 2.45) is 4.99 Å². The Morgan fingerprint density at radius 2 is 1.90 bits per heavy atom. The Balaban J connectivity index is 2.78. The van der Waals surface area contributed by atoms with Crippen LogP contribution in [0.2, 0.25) is 0 Å². The van der Waals surface area contributed by atoms with Gasteiger partial charge in [0.25, 0.3) is 0 Å². The molecule has 0 aliphatic carbocycles. The fourth-order valence-corrected chi connectivity index (χ4v) is 5.28. The fourth-order valence-electron chi connectivity index (χ4n) is 2.72. The van der Waals surface area contributed by atoms with Crippen LogP contribution in [-0.2, 0) is 18.3 Å². The minimum absolute atomic E-state index is 0.194. The second kappa shape index (κ2) is 11.2. The summed E-state index contributed by atoms with van der Waals surface area (Å²) < 4.78 is 31.8. The zero-order valence-corrected chi connectivity index (χ0v) is 18.7. The maximum atomic E-state index is 13.8. The molecule has 0 fully saturated rings. The minimum atomic E-state index is -3.70. The number of hydrogen-bond donors (Lipinski definition) is 0. The quantitative estimate of drug-likeness (QED) is 0.212. The molecule has 1 atom stereocenters. The highest BCUT2D eigenvalue weighted by molar-refractivity contribution is 7.98. The predicted octanol–water partition coefficient (Wildman–Crippen LogP) is 4.99. The first-order valence-electron chi connectivity index (χ1n) is 9.20. The van der Waals surface area contributed by atoms with E-state index in [4.69, 9.17) is 13.8 Å². The van der Waals surface area contributed by atoms with Crippen molar-refractivity contribution in [3.05, 3.63) is 41.5 Å². The van der Waals surface area contributed by atoms with E-state index < -0.39 is 13.4 Å². The third-order valence-corrected chi connectivity index (χ3v) is 6.85. The van der Waals surface area contributed by atoms with Crippen LogP contribution in [0.5, 0.6) is 0 Å². The number of rotatable bonds is 11. The number of ether oxygens (including phenoxy) is 1. The Hall–Kier alpha value is -2.11. The number of nitriles is 1. The molecule has 1 heterocycles. The van der Waals surface area contributed by atoms with Gasteiger partial charge in [0.05, 0.1) is 19.8 Å². The molecule has 0 spiro atoms. The third-order valence-electron chi connectivity index (χ3n) is 3.82. The van der Waals surface area contributed by atoms with E-state index >= 15 is 0 Å². The summed E-state index contributed by atoms with van der Waals surface area (Å²) in [6, 6.07) is 11.3. The molecule has 0 radical (unpaired) electrons. The summed E-state index contributed by atoms with van der Waals surface area (Å²) in [6.45, 7) is 6.14. The SMILES string of the molecule is CCO/C=N/c1c(C#N)c(SC)nn1C(c1ccccc1)P(=O)(OCC)OCC. The van der Waals surface area contributed by atoms with E-state index in [0.717, 1.165) is 0 Å². The monoisotopic (exact) mass is 436 g/mol. The van der Waals surface area contributed by atoms with Crippen molar-refractivity contribution >= 4 is 31.6 Å². The smallest absolute Gasteiger partial charge is 0.359 e. The Bertz CT molecular complexity index is 901. The van der Waals surface area contributed by atoms with Crippen LogP contribution in [0, 0.1) is 11.3 Å². The van der Waals surface area contributed by atoms with E-state index in [2.05, 4.69) is 16.2 Å². The first kappa shape index (κ1) is 23.2. The van der Waals surface area contributed by atoms with Gasteiger partial charge >= 0.3 is 7.60 Å². The van der Waals surface area contributed by atoms with Crippen molar-refractivity contribution in [3.8, 4) is 6.07 Å². The first-order chi connectivity index (χ1) is 14.1. The zero-order valence-electron chi connectivity index (χ0n) is 16.9. The van der Waals surface area contributed by atoms with Crippen molar-refractivity contribution in [3.63, 3.8) is 0 Å². The van der Waals surface area contributed by atoms with Crippen molar-refractivity contribution in [2.75, 3.05) is 26.1 Å². The molecule has 2 aromatic rings. The molecule has 156 valence electrons. The number of aromatic nitrogens is 2. The predicted molar refractivity (Wildman–Crippen MR) is 114 cm³/mol. The van der Waals surface area contributed by atoms with Gasteiger partial charge in [-0.1, -0.05) is 30.3 Å². The van der Waals surface area contributed by atoms with E-state index in [1.54, 1.807) is 13.8 Å². The normalized spacial score (nSPS) is 12.8. The van der Waals surface area contributed by atoms with Gasteiger partial charge in [-0.3, -0.25) is 4.57 Å². The molecular weight excluding hydrogens is 411 g/mol. The summed E-state index contributed by atoms with van der Waals surface area (Å²) in [5.41, 5.74) is 0.944. The number of thioether (sulfide) groups is 1. The van der Waals surface area contributed by atoms with Gasteiger partial charge in [-0.05, 0) is 32.6 Å². The second-order valence-electron chi connectivity index (χ2n) is 5.61. The van der Waals surface area contributed by atoms with E-state index in [0.29, 0.717) is 17.2 Å². The average molecular weight is 436 g/mol. The van der Waals surface area contributed by atoms with Crippen molar-refractivity contribution in [2.45, 2.75) is 31.6 Å². The minimum Gasteiger partial charge on any atom is -0.483 e. The van der Waals surface area contributed by atoms with Crippen LogP contribution in [-0.4, -0.2) is 42.3 Å². The zero-order chi connectivity index (χ0) is 21.3. The molecular formula is C19H25N4O4PS. The number of aliphatic imine (C=N–C) groups is 1. The maximum absolute atomic E-state index is 13.8. The molecule has 0 aliphatic heterocycles.